The largest absolute Gasteiger partial charge is 0.361 e. The molecule has 7 heteroatoms. The quantitative estimate of drug-likeness (QED) is 0.756. The fourth-order valence-corrected chi connectivity index (χ4v) is 3.54. The van der Waals surface area contributed by atoms with Gasteiger partial charge in [0.1, 0.15) is 11.6 Å². The number of halogens is 2. The second-order valence-electron chi connectivity index (χ2n) is 6.83. The Morgan fingerprint density at radius 2 is 1.68 bits per heavy atom. The SMILES string of the molecule is O=C(Cc1c[nH]c2ccccc12)N1CCN(C(=O)c2ccc(F)cc2F)CC1. The van der Waals surface area contributed by atoms with Gasteiger partial charge in [-0.05, 0) is 23.8 Å². The highest BCUT2D eigenvalue weighted by molar-refractivity contribution is 5.95. The molecule has 0 spiro atoms. The Morgan fingerprint density at radius 3 is 2.43 bits per heavy atom. The summed E-state index contributed by atoms with van der Waals surface area (Å²) in [4.78, 5) is 31.5. The fourth-order valence-electron chi connectivity index (χ4n) is 3.54. The minimum absolute atomic E-state index is 0.00943. The molecule has 0 aliphatic carbocycles. The molecule has 1 N–H and O–H groups in total. The van der Waals surface area contributed by atoms with Gasteiger partial charge in [0.05, 0.1) is 12.0 Å². The van der Waals surface area contributed by atoms with Gasteiger partial charge in [0.15, 0.2) is 0 Å². The summed E-state index contributed by atoms with van der Waals surface area (Å²) in [6.45, 7) is 1.40. The molecule has 1 saturated heterocycles. The predicted molar refractivity (Wildman–Crippen MR) is 101 cm³/mol. The summed E-state index contributed by atoms with van der Waals surface area (Å²) in [5.41, 5.74) is 1.77. The van der Waals surface area contributed by atoms with Crippen molar-refractivity contribution in [1.82, 2.24) is 14.8 Å². The van der Waals surface area contributed by atoms with Crippen LogP contribution in [-0.2, 0) is 11.2 Å². The molecule has 5 nitrogen and oxygen atoms in total. The number of H-pyrrole nitrogens is 1. The highest BCUT2D eigenvalue weighted by atomic mass is 19.1. The van der Waals surface area contributed by atoms with Gasteiger partial charge >= 0.3 is 0 Å². The summed E-state index contributed by atoms with van der Waals surface area (Å²) in [7, 11) is 0. The average molecular weight is 383 g/mol. The first-order valence-electron chi connectivity index (χ1n) is 9.10. The van der Waals surface area contributed by atoms with Crippen molar-refractivity contribution in [3.63, 3.8) is 0 Å². The molecule has 0 saturated carbocycles. The van der Waals surface area contributed by atoms with E-state index in [4.69, 9.17) is 0 Å². The number of benzene rings is 2. The molecule has 0 bridgehead atoms. The summed E-state index contributed by atoms with van der Waals surface area (Å²) < 4.78 is 26.9. The van der Waals surface area contributed by atoms with Crippen molar-refractivity contribution < 1.29 is 18.4 Å². The highest BCUT2D eigenvalue weighted by Gasteiger charge is 2.26. The number of aromatic amines is 1. The van der Waals surface area contributed by atoms with Crippen molar-refractivity contribution in [3.05, 3.63) is 71.4 Å². The summed E-state index contributed by atoms with van der Waals surface area (Å²) >= 11 is 0. The molecule has 1 aliphatic rings. The standard InChI is InChI=1S/C21H19F2N3O2/c22-15-5-6-17(18(23)12-15)21(28)26-9-7-25(8-10-26)20(27)11-14-13-24-19-4-2-1-3-16(14)19/h1-6,12-13,24H,7-11H2. The number of para-hydroxylation sites is 1. The van der Waals surface area contributed by atoms with E-state index in [1.165, 1.54) is 4.90 Å². The van der Waals surface area contributed by atoms with Crippen LogP contribution < -0.4 is 0 Å². The minimum atomic E-state index is -0.872. The lowest BCUT2D eigenvalue weighted by molar-refractivity contribution is -0.131. The lowest BCUT2D eigenvalue weighted by Gasteiger charge is -2.35. The Kier molecular flexibility index (Phi) is 4.81. The molecule has 1 aromatic heterocycles. The smallest absolute Gasteiger partial charge is 0.256 e. The van der Waals surface area contributed by atoms with Crippen LogP contribution in [-0.4, -0.2) is 52.8 Å². The molecule has 4 rings (SSSR count). The maximum absolute atomic E-state index is 13.8. The molecule has 144 valence electrons. The number of hydrogen-bond acceptors (Lipinski definition) is 2. The van der Waals surface area contributed by atoms with Crippen LogP contribution in [0, 0.1) is 11.6 Å². The van der Waals surface area contributed by atoms with Gasteiger partial charge in [-0.15, -0.1) is 0 Å². The van der Waals surface area contributed by atoms with Crippen molar-refractivity contribution in [2.45, 2.75) is 6.42 Å². The maximum Gasteiger partial charge on any atom is 0.256 e. The zero-order valence-electron chi connectivity index (χ0n) is 15.1. The van der Waals surface area contributed by atoms with Gasteiger partial charge in [-0.3, -0.25) is 9.59 Å². The van der Waals surface area contributed by atoms with Crippen molar-refractivity contribution in [2.24, 2.45) is 0 Å². The van der Waals surface area contributed by atoms with Crippen LogP contribution in [0.3, 0.4) is 0 Å². The molecule has 2 amide bonds. The van der Waals surface area contributed by atoms with Crippen molar-refractivity contribution in [3.8, 4) is 0 Å². The average Bonchev–Trinajstić information content (AvgIpc) is 3.10. The first kappa shape index (κ1) is 18.2. The molecule has 0 atom stereocenters. The Bertz CT molecular complexity index is 1040. The van der Waals surface area contributed by atoms with E-state index in [1.807, 2.05) is 30.5 Å². The number of fused-ring (bicyclic) bond motifs is 1. The highest BCUT2D eigenvalue weighted by Crippen LogP contribution is 2.19. The van der Waals surface area contributed by atoms with Crippen LogP contribution in [0.25, 0.3) is 10.9 Å². The second kappa shape index (κ2) is 7.42. The van der Waals surface area contributed by atoms with Gasteiger partial charge < -0.3 is 14.8 Å². The number of piperazine rings is 1. The number of nitrogens with one attached hydrogen (secondary N) is 1. The molecular formula is C21H19F2N3O2. The van der Waals surface area contributed by atoms with Gasteiger partial charge in [0.25, 0.3) is 5.91 Å². The number of amides is 2. The van der Waals surface area contributed by atoms with E-state index in [0.29, 0.717) is 32.2 Å². The number of rotatable bonds is 3. The number of hydrogen-bond donors (Lipinski definition) is 1. The van der Waals surface area contributed by atoms with E-state index in [2.05, 4.69) is 4.98 Å². The topological polar surface area (TPSA) is 56.4 Å². The third kappa shape index (κ3) is 3.47. The van der Waals surface area contributed by atoms with Crippen LogP contribution in [0.4, 0.5) is 8.78 Å². The van der Waals surface area contributed by atoms with E-state index >= 15 is 0 Å². The zero-order chi connectivity index (χ0) is 19.7. The van der Waals surface area contributed by atoms with Crippen LogP contribution in [0.15, 0.2) is 48.7 Å². The molecular weight excluding hydrogens is 364 g/mol. The predicted octanol–water partition coefficient (Wildman–Crippen LogP) is 2.97. The van der Waals surface area contributed by atoms with Gasteiger partial charge in [0.2, 0.25) is 5.91 Å². The summed E-state index contributed by atoms with van der Waals surface area (Å²) in [6.07, 6.45) is 2.13. The first-order chi connectivity index (χ1) is 13.5. The summed E-state index contributed by atoms with van der Waals surface area (Å²) in [5, 5.41) is 1.02. The number of nitrogens with zero attached hydrogens (tertiary/aromatic N) is 2. The lowest BCUT2D eigenvalue weighted by Crippen LogP contribution is -2.51. The molecule has 0 unspecified atom stereocenters. The van der Waals surface area contributed by atoms with Crippen molar-refractivity contribution in [2.75, 3.05) is 26.2 Å². The van der Waals surface area contributed by atoms with Crippen LogP contribution >= 0.6 is 0 Å². The lowest BCUT2D eigenvalue weighted by atomic mass is 10.1. The molecule has 28 heavy (non-hydrogen) atoms. The van der Waals surface area contributed by atoms with Crippen molar-refractivity contribution in [1.29, 1.82) is 0 Å². The van der Waals surface area contributed by atoms with E-state index in [-0.39, 0.29) is 17.9 Å². The maximum atomic E-state index is 13.8. The van der Waals surface area contributed by atoms with Gasteiger partial charge in [-0.2, -0.15) is 0 Å². The molecule has 2 heterocycles. The fraction of sp³-hybridized carbons (Fsp3) is 0.238. The molecule has 0 radical (unpaired) electrons. The Hall–Kier alpha value is -3.22. The van der Waals surface area contributed by atoms with Gasteiger partial charge in [0, 0.05) is 49.3 Å². The van der Waals surface area contributed by atoms with Gasteiger partial charge in [-0.1, -0.05) is 18.2 Å². The molecule has 1 fully saturated rings. The normalized spacial score (nSPS) is 14.5. The Morgan fingerprint density at radius 1 is 0.964 bits per heavy atom. The Balaban J connectivity index is 1.38. The summed E-state index contributed by atoms with van der Waals surface area (Å²) in [6, 6.07) is 10.7. The van der Waals surface area contributed by atoms with Crippen LogP contribution in [0.5, 0.6) is 0 Å². The molecule has 2 aromatic carbocycles. The third-order valence-corrected chi connectivity index (χ3v) is 5.10. The third-order valence-electron chi connectivity index (χ3n) is 5.10. The van der Waals surface area contributed by atoms with E-state index < -0.39 is 17.5 Å². The number of carbonyl (C=O) groups is 2. The number of carbonyl (C=O) groups excluding carboxylic acids is 2. The summed E-state index contributed by atoms with van der Waals surface area (Å²) in [5.74, 6) is -2.09. The van der Waals surface area contributed by atoms with E-state index in [9.17, 15) is 18.4 Å². The van der Waals surface area contributed by atoms with Gasteiger partial charge in [-0.25, -0.2) is 8.78 Å². The monoisotopic (exact) mass is 383 g/mol. The number of aromatic nitrogens is 1. The van der Waals surface area contributed by atoms with Crippen LogP contribution in [0.1, 0.15) is 15.9 Å². The minimum Gasteiger partial charge on any atom is -0.361 e. The van der Waals surface area contributed by atoms with Crippen molar-refractivity contribution >= 4 is 22.7 Å². The zero-order valence-corrected chi connectivity index (χ0v) is 15.1. The molecule has 1 aliphatic heterocycles. The van der Waals surface area contributed by atoms with E-state index in [0.717, 1.165) is 28.6 Å². The van der Waals surface area contributed by atoms with Crippen LogP contribution in [0.2, 0.25) is 0 Å². The first-order valence-corrected chi connectivity index (χ1v) is 9.10. The molecule has 3 aromatic rings. The second-order valence-corrected chi connectivity index (χ2v) is 6.83. The van der Waals surface area contributed by atoms with E-state index in [1.54, 1.807) is 4.90 Å². The Labute approximate surface area is 160 Å².